The largest absolute Gasteiger partial charge is 0.469 e. The number of hydrogen-bond acceptors (Lipinski definition) is 3. The van der Waals surface area contributed by atoms with E-state index < -0.39 is 0 Å². The van der Waals surface area contributed by atoms with Gasteiger partial charge in [0.25, 0.3) is 0 Å². The average molecular weight is 223 g/mol. The van der Waals surface area contributed by atoms with Crippen LogP contribution in [0, 0.1) is 17.3 Å². The molecule has 3 nitrogen and oxygen atoms in total. The van der Waals surface area contributed by atoms with Crippen molar-refractivity contribution in [1.82, 2.24) is 0 Å². The Labute approximate surface area is 96.7 Å². The molecular formula is C13H21NO2. The number of ether oxygens (including phenoxy) is 1. The Hall–Kier alpha value is -0.570. The summed E-state index contributed by atoms with van der Waals surface area (Å²) in [5.41, 5.74) is 6.17. The third-order valence-corrected chi connectivity index (χ3v) is 5.24. The van der Waals surface area contributed by atoms with Crippen molar-refractivity contribution in [3.8, 4) is 0 Å². The van der Waals surface area contributed by atoms with Gasteiger partial charge in [-0.3, -0.25) is 4.79 Å². The van der Waals surface area contributed by atoms with Crippen molar-refractivity contribution in [2.24, 2.45) is 23.0 Å². The number of carbonyl (C=O) groups excluding carboxylic acids is 1. The second-order valence-electron chi connectivity index (χ2n) is 6.29. The Balaban J connectivity index is 2.01. The number of esters is 1. The first-order valence-corrected chi connectivity index (χ1v) is 6.45. The highest BCUT2D eigenvalue weighted by atomic mass is 16.5. The number of hydrogen-bond donors (Lipinski definition) is 1. The Bertz CT molecular complexity index is 330. The maximum atomic E-state index is 12.2. The van der Waals surface area contributed by atoms with Crippen LogP contribution in [0.25, 0.3) is 0 Å². The predicted octanol–water partition coefficient (Wildman–Crippen LogP) is 1.85. The molecule has 3 aliphatic rings. The van der Waals surface area contributed by atoms with Gasteiger partial charge < -0.3 is 10.5 Å². The van der Waals surface area contributed by atoms with Gasteiger partial charge in [0, 0.05) is 5.54 Å². The third kappa shape index (κ3) is 1.27. The summed E-state index contributed by atoms with van der Waals surface area (Å²) in [5.74, 6) is 1.26. The van der Waals surface area contributed by atoms with Crippen LogP contribution >= 0.6 is 0 Å². The zero-order chi connectivity index (χ0) is 11.4. The topological polar surface area (TPSA) is 52.3 Å². The van der Waals surface area contributed by atoms with Crippen LogP contribution in [0.1, 0.15) is 44.9 Å². The van der Waals surface area contributed by atoms with Crippen LogP contribution in [0.5, 0.6) is 0 Å². The first kappa shape index (κ1) is 10.6. The van der Waals surface area contributed by atoms with Crippen LogP contribution in [0.4, 0.5) is 0 Å². The van der Waals surface area contributed by atoms with E-state index in [1.165, 1.54) is 26.4 Å². The van der Waals surface area contributed by atoms with E-state index in [2.05, 4.69) is 0 Å². The fourth-order valence-corrected chi connectivity index (χ4v) is 4.82. The van der Waals surface area contributed by atoms with Gasteiger partial charge in [0.1, 0.15) is 0 Å². The van der Waals surface area contributed by atoms with Gasteiger partial charge in [0.2, 0.25) is 0 Å². The lowest BCUT2D eigenvalue weighted by molar-refractivity contribution is -0.155. The molecule has 0 aromatic carbocycles. The van der Waals surface area contributed by atoms with Gasteiger partial charge in [0.05, 0.1) is 12.5 Å². The van der Waals surface area contributed by atoms with Crippen molar-refractivity contribution in [3.63, 3.8) is 0 Å². The van der Waals surface area contributed by atoms with Gasteiger partial charge in [-0.1, -0.05) is 12.8 Å². The lowest BCUT2D eigenvalue weighted by Crippen LogP contribution is -2.42. The molecule has 3 heteroatoms. The molecule has 90 valence electrons. The summed E-state index contributed by atoms with van der Waals surface area (Å²) in [5, 5.41) is 0. The smallest absolute Gasteiger partial charge is 0.312 e. The van der Waals surface area contributed by atoms with Crippen molar-refractivity contribution in [2.45, 2.75) is 50.5 Å². The minimum absolute atomic E-state index is 0.00683. The lowest BCUT2D eigenvalue weighted by Gasteiger charge is -2.34. The van der Waals surface area contributed by atoms with Crippen LogP contribution in [-0.4, -0.2) is 18.6 Å². The molecule has 3 rings (SSSR count). The summed E-state index contributed by atoms with van der Waals surface area (Å²) in [6, 6.07) is 0. The fourth-order valence-electron chi connectivity index (χ4n) is 4.82. The maximum Gasteiger partial charge on any atom is 0.312 e. The van der Waals surface area contributed by atoms with Crippen LogP contribution in [0.2, 0.25) is 0 Å². The SMILES string of the molecule is COC(=O)C12CCCC3CC1CC(N)(C3)C2. The molecule has 0 aromatic rings. The van der Waals surface area contributed by atoms with E-state index in [-0.39, 0.29) is 16.9 Å². The summed E-state index contributed by atoms with van der Waals surface area (Å²) in [6.45, 7) is 0. The van der Waals surface area contributed by atoms with Crippen molar-refractivity contribution < 1.29 is 9.53 Å². The molecule has 3 saturated carbocycles. The fraction of sp³-hybridized carbons (Fsp3) is 0.923. The van der Waals surface area contributed by atoms with Gasteiger partial charge in [-0.15, -0.1) is 0 Å². The molecule has 0 radical (unpaired) electrons. The molecule has 3 bridgehead atoms. The Morgan fingerprint density at radius 2 is 2.25 bits per heavy atom. The molecule has 0 spiro atoms. The summed E-state index contributed by atoms with van der Waals surface area (Å²) in [4.78, 5) is 12.2. The van der Waals surface area contributed by atoms with Crippen molar-refractivity contribution in [1.29, 1.82) is 0 Å². The highest BCUT2D eigenvalue weighted by molar-refractivity contribution is 5.78. The summed E-state index contributed by atoms with van der Waals surface area (Å²) >= 11 is 0. The van der Waals surface area contributed by atoms with Gasteiger partial charge in [0.15, 0.2) is 0 Å². The number of rotatable bonds is 1. The lowest BCUT2D eigenvalue weighted by atomic mass is 9.74. The number of nitrogens with two attached hydrogens (primary N) is 1. The summed E-state index contributed by atoms with van der Waals surface area (Å²) in [7, 11) is 1.52. The minimum atomic E-state index is -0.227. The van der Waals surface area contributed by atoms with Crippen molar-refractivity contribution in [2.75, 3.05) is 7.11 Å². The van der Waals surface area contributed by atoms with E-state index in [4.69, 9.17) is 10.5 Å². The van der Waals surface area contributed by atoms with E-state index in [1.54, 1.807) is 0 Å². The van der Waals surface area contributed by atoms with Crippen LogP contribution in [0.15, 0.2) is 0 Å². The molecule has 3 fully saturated rings. The molecule has 4 unspecified atom stereocenters. The van der Waals surface area contributed by atoms with Crippen molar-refractivity contribution in [3.05, 3.63) is 0 Å². The minimum Gasteiger partial charge on any atom is -0.469 e. The molecule has 4 atom stereocenters. The summed E-state index contributed by atoms with van der Waals surface area (Å²) < 4.78 is 5.07. The molecule has 0 saturated heterocycles. The highest BCUT2D eigenvalue weighted by Gasteiger charge is 2.61. The van der Waals surface area contributed by atoms with Gasteiger partial charge in [-0.05, 0) is 43.9 Å². The number of fused-ring (bicyclic) bond motifs is 2. The Kier molecular flexibility index (Phi) is 2.13. The van der Waals surface area contributed by atoms with Gasteiger partial charge >= 0.3 is 5.97 Å². The predicted molar refractivity (Wildman–Crippen MR) is 60.7 cm³/mol. The first-order chi connectivity index (χ1) is 7.58. The zero-order valence-corrected chi connectivity index (χ0v) is 10.00. The van der Waals surface area contributed by atoms with Crippen LogP contribution in [-0.2, 0) is 9.53 Å². The second kappa shape index (κ2) is 3.22. The molecule has 0 amide bonds. The number of carbonyl (C=O) groups is 1. The van der Waals surface area contributed by atoms with E-state index in [0.29, 0.717) is 5.92 Å². The standard InChI is InChI=1S/C13H21NO2/c1-16-11(15)13-4-2-3-9-5-10(13)7-12(14,6-9)8-13/h9-10H,2-8,14H2,1H3. The van der Waals surface area contributed by atoms with E-state index >= 15 is 0 Å². The normalized spacial score (nSPS) is 50.1. The quantitative estimate of drug-likeness (QED) is 0.690. The van der Waals surface area contributed by atoms with Gasteiger partial charge in [-0.25, -0.2) is 0 Å². The molecule has 0 aromatic heterocycles. The maximum absolute atomic E-state index is 12.2. The molecular weight excluding hydrogens is 202 g/mol. The molecule has 2 N–H and O–H groups in total. The Morgan fingerprint density at radius 1 is 1.44 bits per heavy atom. The molecule has 16 heavy (non-hydrogen) atoms. The molecule has 0 heterocycles. The van der Waals surface area contributed by atoms with E-state index in [9.17, 15) is 4.79 Å². The van der Waals surface area contributed by atoms with Gasteiger partial charge in [-0.2, -0.15) is 0 Å². The van der Waals surface area contributed by atoms with E-state index in [0.717, 1.165) is 31.6 Å². The Morgan fingerprint density at radius 3 is 3.00 bits per heavy atom. The zero-order valence-electron chi connectivity index (χ0n) is 10.00. The first-order valence-electron chi connectivity index (χ1n) is 6.45. The van der Waals surface area contributed by atoms with Crippen molar-refractivity contribution >= 4 is 5.97 Å². The third-order valence-electron chi connectivity index (χ3n) is 5.24. The molecule has 0 aliphatic heterocycles. The molecule has 3 aliphatic carbocycles. The average Bonchev–Trinajstić information content (AvgIpc) is 2.35. The van der Waals surface area contributed by atoms with Crippen LogP contribution in [0.3, 0.4) is 0 Å². The second-order valence-corrected chi connectivity index (χ2v) is 6.29. The van der Waals surface area contributed by atoms with Crippen LogP contribution < -0.4 is 5.73 Å². The highest BCUT2D eigenvalue weighted by Crippen LogP contribution is 2.61. The number of methoxy groups -OCH3 is 1. The van der Waals surface area contributed by atoms with E-state index in [1.807, 2.05) is 0 Å². The monoisotopic (exact) mass is 223 g/mol. The summed E-state index contributed by atoms with van der Waals surface area (Å²) in [6.07, 6.45) is 7.67.